The molecule has 2 bridgehead atoms. The Morgan fingerprint density at radius 1 is 1.06 bits per heavy atom. The number of likely N-dealkylation sites (tertiary alicyclic amines) is 1. The number of alkyl halides is 3. The lowest BCUT2D eigenvalue weighted by atomic mass is 9.89. The maximum atomic E-state index is 13.9. The van der Waals surface area contributed by atoms with Gasteiger partial charge in [-0.3, -0.25) is 0 Å². The molecule has 1 aliphatic carbocycles. The van der Waals surface area contributed by atoms with Gasteiger partial charge in [-0.2, -0.15) is 13.2 Å². The van der Waals surface area contributed by atoms with Gasteiger partial charge in [0, 0.05) is 37.2 Å². The van der Waals surface area contributed by atoms with E-state index in [0.29, 0.717) is 41.1 Å². The fourth-order valence-electron chi connectivity index (χ4n) is 6.84. The largest absolute Gasteiger partial charge is 0.420 e. The topological polar surface area (TPSA) is 50.3 Å². The Balaban J connectivity index is 1.13. The van der Waals surface area contributed by atoms with Crippen molar-refractivity contribution in [2.45, 2.75) is 63.5 Å². The smallest absolute Gasteiger partial charge is 0.375 e. The minimum absolute atomic E-state index is 0.0170. The van der Waals surface area contributed by atoms with Crippen molar-refractivity contribution in [3.8, 4) is 11.3 Å². The predicted molar refractivity (Wildman–Crippen MR) is 123 cm³/mol. The zero-order valence-corrected chi connectivity index (χ0v) is 19.7. The molecule has 35 heavy (non-hydrogen) atoms. The van der Waals surface area contributed by atoms with Crippen LogP contribution < -0.4 is 5.32 Å². The Kier molecular flexibility index (Phi) is 5.75. The van der Waals surface area contributed by atoms with Gasteiger partial charge in [0.2, 0.25) is 0 Å². The van der Waals surface area contributed by atoms with Gasteiger partial charge in [-0.1, -0.05) is 6.07 Å². The van der Waals surface area contributed by atoms with Crippen molar-refractivity contribution < 1.29 is 22.3 Å². The van der Waals surface area contributed by atoms with E-state index in [2.05, 4.69) is 20.4 Å². The molecule has 2 aromatic rings. The van der Waals surface area contributed by atoms with Gasteiger partial charge in [0.25, 0.3) is 0 Å². The fourth-order valence-corrected chi connectivity index (χ4v) is 6.84. The molecule has 3 saturated heterocycles. The number of rotatable bonds is 5. The molecule has 9 heteroatoms. The maximum absolute atomic E-state index is 13.9. The van der Waals surface area contributed by atoms with Gasteiger partial charge < -0.3 is 15.0 Å². The highest BCUT2D eigenvalue weighted by molar-refractivity contribution is 5.65. The van der Waals surface area contributed by atoms with Gasteiger partial charge in [-0.15, -0.1) is 10.2 Å². The SMILES string of the molecule is Cc1ccc(F)cc1-c1cc(C(F)(F)F)c(N[C@@H]2C[C@@H]3CN(C[C@H]4CC5CCC4O5)C[C@@H]3C2)nn1. The average molecular weight is 491 g/mol. The number of aromatic nitrogens is 2. The summed E-state index contributed by atoms with van der Waals surface area (Å²) in [4.78, 5) is 2.54. The molecular weight excluding hydrogens is 460 g/mol. The maximum Gasteiger partial charge on any atom is 0.420 e. The van der Waals surface area contributed by atoms with Crippen LogP contribution in [0.15, 0.2) is 24.3 Å². The molecule has 1 aromatic carbocycles. The zero-order valence-electron chi connectivity index (χ0n) is 19.7. The molecule has 0 radical (unpaired) electrons. The van der Waals surface area contributed by atoms with Crippen molar-refractivity contribution in [1.82, 2.24) is 15.1 Å². The van der Waals surface area contributed by atoms with Crippen molar-refractivity contribution in [3.05, 3.63) is 41.2 Å². The Hall–Kier alpha value is -2.26. The summed E-state index contributed by atoms with van der Waals surface area (Å²) in [6, 6.07) is 4.91. The number of aryl methyl sites for hydroxylation is 1. The molecule has 0 spiro atoms. The minimum Gasteiger partial charge on any atom is -0.375 e. The molecule has 6 atom stereocenters. The van der Waals surface area contributed by atoms with E-state index < -0.39 is 17.6 Å². The monoisotopic (exact) mass is 490 g/mol. The highest BCUT2D eigenvalue weighted by Gasteiger charge is 2.46. The summed E-state index contributed by atoms with van der Waals surface area (Å²) in [7, 11) is 0. The van der Waals surface area contributed by atoms with Crippen LogP contribution in [0.2, 0.25) is 0 Å². The third-order valence-corrected chi connectivity index (χ3v) is 8.47. The summed E-state index contributed by atoms with van der Waals surface area (Å²) >= 11 is 0. The van der Waals surface area contributed by atoms with Crippen LogP contribution in [0.1, 0.15) is 43.2 Å². The summed E-state index contributed by atoms with van der Waals surface area (Å²) in [5.41, 5.74) is 0.107. The minimum atomic E-state index is -4.59. The van der Waals surface area contributed by atoms with Gasteiger partial charge >= 0.3 is 6.18 Å². The van der Waals surface area contributed by atoms with E-state index in [0.717, 1.165) is 38.5 Å². The number of hydrogen-bond acceptors (Lipinski definition) is 5. The van der Waals surface area contributed by atoms with Crippen molar-refractivity contribution in [2.24, 2.45) is 17.8 Å². The highest BCUT2D eigenvalue weighted by Crippen LogP contribution is 2.44. The number of ether oxygens (including phenoxy) is 1. The molecule has 1 aromatic heterocycles. The van der Waals surface area contributed by atoms with Gasteiger partial charge in [0.1, 0.15) is 11.4 Å². The molecule has 6 rings (SSSR count). The van der Waals surface area contributed by atoms with E-state index in [9.17, 15) is 17.6 Å². The quantitative estimate of drug-likeness (QED) is 0.577. The number of anilines is 1. The zero-order chi connectivity index (χ0) is 24.3. The molecule has 2 unspecified atom stereocenters. The first-order valence-electron chi connectivity index (χ1n) is 12.6. The molecular formula is C26H30F4N4O. The summed E-state index contributed by atoms with van der Waals surface area (Å²) < 4.78 is 61.5. The number of benzene rings is 1. The summed E-state index contributed by atoms with van der Waals surface area (Å²) in [5.74, 6) is 0.845. The summed E-state index contributed by atoms with van der Waals surface area (Å²) in [6.07, 6.45) is 1.51. The lowest BCUT2D eigenvalue weighted by Crippen LogP contribution is -2.34. The van der Waals surface area contributed by atoms with E-state index in [-0.39, 0.29) is 17.6 Å². The van der Waals surface area contributed by atoms with Gasteiger partial charge in [0.05, 0.1) is 17.9 Å². The Labute approximate surface area is 202 Å². The molecule has 0 amide bonds. The standard InChI is InChI=1S/C26H30F4N4O/c1-14-2-3-18(27)9-21(14)23-10-22(26(28,29)30)25(33-32-23)31-19-6-15-11-34(12-16(15)7-19)13-17-8-20-4-5-24(17)35-20/h2-3,9-10,15-17,19-20,24H,4-8,11-13H2,1H3,(H,31,33)/t15-,16+,17-,19-,20?,24?/m1/s1. The highest BCUT2D eigenvalue weighted by atomic mass is 19.4. The second kappa shape index (κ2) is 8.69. The number of fused-ring (bicyclic) bond motifs is 3. The van der Waals surface area contributed by atoms with Crippen molar-refractivity contribution in [2.75, 3.05) is 25.0 Å². The first-order chi connectivity index (χ1) is 16.7. The number of hydrogen-bond donors (Lipinski definition) is 1. The number of halogens is 4. The molecule has 1 N–H and O–H groups in total. The van der Waals surface area contributed by atoms with Gasteiger partial charge in [-0.25, -0.2) is 4.39 Å². The lowest BCUT2D eigenvalue weighted by molar-refractivity contribution is -0.137. The third-order valence-electron chi connectivity index (χ3n) is 8.47. The van der Waals surface area contributed by atoms with Crippen molar-refractivity contribution in [1.29, 1.82) is 0 Å². The summed E-state index contributed by atoms with van der Waals surface area (Å²) in [6.45, 7) is 4.80. The van der Waals surface area contributed by atoms with Crippen LogP contribution in [-0.2, 0) is 10.9 Å². The van der Waals surface area contributed by atoms with Gasteiger partial charge in [-0.05, 0) is 74.6 Å². The van der Waals surface area contributed by atoms with Crippen LogP contribution in [0.5, 0.6) is 0 Å². The molecule has 188 valence electrons. The Bertz CT molecular complexity index is 1100. The van der Waals surface area contributed by atoms with E-state index in [1.54, 1.807) is 6.92 Å². The molecule has 5 nitrogen and oxygen atoms in total. The normalized spacial score (nSPS) is 32.4. The fraction of sp³-hybridized carbons (Fsp3) is 0.615. The predicted octanol–water partition coefficient (Wildman–Crippen LogP) is 5.30. The second-order valence-corrected chi connectivity index (χ2v) is 10.9. The molecule has 4 fully saturated rings. The lowest BCUT2D eigenvalue weighted by Gasteiger charge is -2.26. The van der Waals surface area contributed by atoms with E-state index >= 15 is 0 Å². The first-order valence-corrected chi connectivity index (χ1v) is 12.6. The molecule has 3 aliphatic heterocycles. The molecule has 1 saturated carbocycles. The van der Waals surface area contributed by atoms with E-state index in [4.69, 9.17) is 4.74 Å². The average Bonchev–Trinajstić information content (AvgIpc) is 3.57. The molecule has 4 heterocycles. The third kappa shape index (κ3) is 4.53. The van der Waals surface area contributed by atoms with Crippen molar-refractivity contribution >= 4 is 5.82 Å². The van der Waals surface area contributed by atoms with Gasteiger partial charge in [0.15, 0.2) is 5.82 Å². The van der Waals surface area contributed by atoms with Crippen LogP contribution in [0.25, 0.3) is 11.3 Å². The second-order valence-electron chi connectivity index (χ2n) is 10.9. The number of nitrogens with one attached hydrogen (secondary N) is 1. The Morgan fingerprint density at radius 3 is 2.49 bits per heavy atom. The molecule has 4 aliphatic rings. The number of nitrogens with zero attached hydrogens (tertiary/aromatic N) is 3. The van der Waals surface area contributed by atoms with Crippen LogP contribution in [0, 0.1) is 30.5 Å². The van der Waals surface area contributed by atoms with Crippen LogP contribution in [0.4, 0.5) is 23.4 Å². The van der Waals surface area contributed by atoms with Crippen molar-refractivity contribution in [3.63, 3.8) is 0 Å². The first kappa shape index (κ1) is 23.2. The van der Waals surface area contributed by atoms with E-state index in [1.165, 1.54) is 37.5 Å². The van der Waals surface area contributed by atoms with Crippen LogP contribution in [0.3, 0.4) is 0 Å². The Morgan fingerprint density at radius 2 is 1.83 bits per heavy atom. The summed E-state index contributed by atoms with van der Waals surface area (Å²) in [5, 5.41) is 11.0. The van der Waals surface area contributed by atoms with Crippen LogP contribution in [-0.4, -0.2) is 53.0 Å². The van der Waals surface area contributed by atoms with Crippen LogP contribution >= 0.6 is 0 Å². The van der Waals surface area contributed by atoms with E-state index in [1.807, 2.05) is 0 Å².